The van der Waals surface area contributed by atoms with Crippen molar-refractivity contribution in [2.75, 3.05) is 20.3 Å². The van der Waals surface area contributed by atoms with Crippen molar-refractivity contribution >= 4 is 17.8 Å². The smallest absolute Gasteiger partial charge is 0.337 e. The van der Waals surface area contributed by atoms with Crippen LogP contribution in [0.15, 0.2) is 36.9 Å². The lowest BCUT2D eigenvalue weighted by atomic mass is 10.1. The molecule has 0 bridgehead atoms. The first-order chi connectivity index (χ1) is 10.5. The van der Waals surface area contributed by atoms with Crippen LogP contribution in [0.4, 0.5) is 0 Å². The molecule has 0 radical (unpaired) electrons. The van der Waals surface area contributed by atoms with Gasteiger partial charge in [0, 0.05) is 12.1 Å². The van der Waals surface area contributed by atoms with E-state index in [0.29, 0.717) is 11.1 Å². The summed E-state index contributed by atoms with van der Waals surface area (Å²) < 4.78 is 9.32. The summed E-state index contributed by atoms with van der Waals surface area (Å²) in [5, 5.41) is 2.51. The van der Waals surface area contributed by atoms with E-state index in [2.05, 4.69) is 16.6 Å². The molecule has 0 fully saturated rings. The van der Waals surface area contributed by atoms with Crippen molar-refractivity contribution in [2.24, 2.45) is 5.73 Å². The topological polar surface area (TPSA) is 108 Å². The Kier molecular flexibility index (Phi) is 6.78. The average molecular weight is 306 g/mol. The van der Waals surface area contributed by atoms with Crippen LogP contribution in [0.2, 0.25) is 0 Å². The number of nitrogens with one attached hydrogen (secondary N) is 1. The van der Waals surface area contributed by atoms with Crippen molar-refractivity contribution in [2.45, 2.75) is 6.04 Å². The third-order valence-electron chi connectivity index (χ3n) is 2.70. The number of carbonyl (C=O) groups is 3. The number of hydrogen-bond acceptors (Lipinski definition) is 6. The second-order valence-electron chi connectivity index (χ2n) is 4.30. The van der Waals surface area contributed by atoms with Crippen LogP contribution in [-0.2, 0) is 14.3 Å². The highest BCUT2D eigenvalue weighted by Crippen LogP contribution is 2.05. The molecule has 1 atom stereocenters. The molecule has 22 heavy (non-hydrogen) atoms. The van der Waals surface area contributed by atoms with Gasteiger partial charge in [0.1, 0.15) is 12.6 Å². The molecule has 1 aromatic rings. The van der Waals surface area contributed by atoms with Gasteiger partial charge < -0.3 is 20.5 Å². The van der Waals surface area contributed by atoms with E-state index in [0.717, 1.165) is 0 Å². The zero-order valence-corrected chi connectivity index (χ0v) is 12.2. The largest absolute Gasteiger partial charge is 0.465 e. The molecule has 7 heteroatoms. The van der Waals surface area contributed by atoms with Crippen LogP contribution in [0, 0.1) is 0 Å². The van der Waals surface area contributed by atoms with Gasteiger partial charge in [0.15, 0.2) is 0 Å². The third-order valence-corrected chi connectivity index (χ3v) is 2.70. The summed E-state index contributed by atoms with van der Waals surface area (Å²) >= 11 is 0. The van der Waals surface area contributed by atoms with Gasteiger partial charge in [0.05, 0.1) is 12.7 Å². The van der Waals surface area contributed by atoms with Crippen LogP contribution < -0.4 is 11.1 Å². The first kappa shape index (κ1) is 17.4. The standard InChI is InChI=1S/C15H18N2O5/c1-3-8-22-15(20)12(16)9-17-13(18)10-4-6-11(7-5-10)14(19)21-2/h3-7,12H,1,8-9,16H2,2H3,(H,17,18). The van der Waals surface area contributed by atoms with Crippen molar-refractivity contribution < 1.29 is 23.9 Å². The van der Waals surface area contributed by atoms with E-state index in [1.807, 2.05) is 0 Å². The van der Waals surface area contributed by atoms with Crippen molar-refractivity contribution in [3.05, 3.63) is 48.0 Å². The molecule has 1 rings (SSSR count). The summed E-state index contributed by atoms with van der Waals surface area (Å²) in [5.74, 6) is -1.52. The Bertz CT molecular complexity index is 554. The number of amides is 1. The highest BCUT2D eigenvalue weighted by atomic mass is 16.5. The lowest BCUT2D eigenvalue weighted by molar-refractivity contribution is -0.143. The molecule has 0 saturated carbocycles. The predicted octanol–water partition coefficient (Wildman–Crippen LogP) is 0.260. The van der Waals surface area contributed by atoms with Gasteiger partial charge in [-0.15, -0.1) is 0 Å². The normalized spacial score (nSPS) is 11.2. The zero-order chi connectivity index (χ0) is 16.5. The quantitative estimate of drug-likeness (QED) is 0.552. The number of nitrogens with two attached hydrogens (primary N) is 1. The molecule has 118 valence electrons. The summed E-state index contributed by atoms with van der Waals surface area (Å²) in [5.41, 5.74) is 6.25. The number of methoxy groups -OCH3 is 1. The Balaban J connectivity index is 2.53. The molecule has 1 amide bonds. The van der Waals surface area contributed by atoms with Gasteiger partial charge in [-0.3, -0.25) is 9.59 Å². The summed E-state index contributed by atoms with van der Waals surface area (Å²) in [7, 11) is 1.27. The summed E-state index contributed by atoms with van der Waals surface area (Å²) in [4.78, 5) is 34.6. The maximum atomic E-state index is 11.9. The van der Waals surface area contributed by atoms with Crippen LogP contribution in [0.25, 0.3) is 0 Å². The van der Waals surface area contributed by atoms with Crippen molar-refractivity contribution in [3.63, 3.8) is 0 Å². The maximum Gasteiger partial charge on any atom is 0.337 e. The molecule has 0 heterocycles. The van der Waals surface area contributed by atoms with Crippen LogP contribution in [-0.4, -0.2) is 44.1 Å². The van der Waals surface area contributed by atoms with E-state index in [9.17, 15) is 14.4 Å². The van der Waals surface area contributed by atoms with Crippen LogP contribution in [0.3, 0.4) is 0 Å². The molecule has 0 aliphatic carbocycles. The fourth-order valence-electron chi connectivity index (χ4n) is 1.51. The Morgan fingerprint density at radius 2 is 1.86 bits per heavy atom. The number of hydrogen-bond donors (Lipinski definition) is 2. The number of ether oxygens (including phenoxy) is 2. The highest BCUT2D eigenvalue weighted by Gasteiger charge is 2.16. The van der Waals surface area contributed by atoms with Crippen molar-refractivity contribution in [3.8, 4) is 0 Å². The Morgan fingerprint density at radius 3 is 2.41 bits per heavy atom. The van der Waals surface area contributed by atoms with Crippen LogP contribution >= 0.6 is 0 Å². The third kappa shape index (κ3) is 5.02. The fourth-order valence-corrected chi connectivity index (χ4v) is 1.51. The predicted molar refractivity (Wildman–Crippen MR) is 79.2 cm³/mol. The Morgan fingerprint density at radius 1 is 1.27 bits per heavy atom. The molecule has 7 nitrogen and oxygen atoms in total. The SMILES string of the molecule is C=CCOC(=O)C(N)CNC(=O)c1ccc(C(=O)OC)cc1. The molecule has 1 unspecified atom stereocenters. The van der Waals surface area contributed by atoms with Gasteiger partial charge in [-0.2, -0.15) is 0 Å². The van der Waals surface area contributed by atoms with E-state index in [1.165, 1.54) is 37.5 Å². The summed E-state index contributed by atoms with van der Waals surface area (Å²) in [6, 6.07) is 4.93. The van der Waals surface area contributed by atoms with E-state index in [1.54, 1.807) is 0 Å². The second kappa shape index (κ2) is 8.58. The molecule has 0 saturated heterocycles. The Hall–Kier alpha value is -2.67. The zero-order valence-electron chi connectivity index (χ0n) is 12.2. The minimum Gasteiger partial charge on any atom is -0.465 e. The summed E-state index contributed by atoms with van der Waals surface area (Å²) in [6.45, 7) is 3.41. The van der Waals surface area contributed by atoms with Crippen molar-refractivity contribution in [1.82, 2.24) is 5.32 Å². The highest BCUT2D eigenvalue weighted by molar-refractivity contribution is 5.96. The van der Waals surface area contributed by atoms with Crippen molar-refractivity contribution in [1.29, 1.82) is 0 Å². The molecule has 0 spiro atoms. The number of rotatable bonds is 7. The summed E-state index contributed by atoms with van der Waals surface area (Å²) in [6.07, 6.45) is 1.42. The monoisotopic (exact) mass is 306 g/mol. The van der Waals surface area contributed by atoms with E-state index in [4.69, 9.17) is 10.5 Å². The first-order valence-electron chi connectivity index (χ1n) is 6.49. The average Bonchev–Trinajstić information content (AvgIpc) is 2.56. The van der Waals surface area contributed by atoms with Gasteiger partial charge in [0.2, 0.25) is 0 Å². The number of carbonyl (C=O) groups excluding carboxylic acids is 3. The number of esters is 2. The number of benzene rings is 1. The lowest BCUT2D eigenvalue weighted by Crippen LogP contribution is -2.43. The maximum absolute atomic E-state index is 11.9. The van der Waals surface area contributed by atoms with E-state index in [-0.39, 0.29) is 13.2 Å². The van der Waals surface area contributed by atoms with Gasteiger partial charge >= 0.3 is 11.9 Å². The van der Waals surface area contributed by atoms with Gasteiger partial charge in [-0.1, -0.05) is 12.7 Å². The minimum absolute atomic E-state index is 0.0619. The fraction of sp³-hybridized carbons (Fsp3) is 0.267. The van der Waals surface area contributed by atoms with E-state index < -0.39 is 23.9 Å². The molecule has 0 aliphatic heterocycles. The van der Waals surface area contributed by atoms with Crippen LogP contribution in [0.5, 0.6) is 0 Å². The first-order valence-corrected chi connectivity index (χ1v) is 6.49. The molecular weight excluding hydrogens is 288 g/mol. The lowest BCUT2D eigenvalue weighted by Gasteiger charge is -2.11. The van der Waals surface area contributed by atoms with Gasteiger partial charge in [0.25, 0.3) is 5.91 Å². The Labute approximate surface area is 128 Å². The molecule has 1 aromatic carbocycles. The van der Waals surface area contributed by atoms with Crippen LogP contribution in [0.1, 0.15) is 20.7 Å². The molecule has 0 aromatic heterocycles. The second-order valence-corrected chi connectivity index (χ2v) is 4.30. The van der Waals surface area contributed by atoms with E-state index >= 15 is 0 Å². The molecular formula is C15H18N2O5. The minimum atomic E-state index is -0.960. The van der Waals surface area contributed by atoms with Gasteiger partial charge in [-0.05, 0) is 24.3 Å². The van der Waals surface area contributed by atoms with Gasteiger partial charge in [-0.25, -0.2) is 4.79 Å². The molecule has 3 N–H and O–H groups in total. The molecule has 0 aliphatic rings.